The van der Waals surface area contributed by atoms with Crippen LogP contribution in [0.15, 0.2) is 40.9 Å². The van der Waals surface area contributed by atoms with Crippen LogP contribution in [0.25, 0.3) is 0 Å². The lowest BCUT2D eigenvalue weighted by Crippen LogP contribution is -3.08. The molecule has 0 saturated heterocycles. The minimum absolute atomic E-state index is 0.00941. The van der Waals surface area contributed by atoms with Crippen LogP contribution < -0.4 is 15.0 Å². The molecule has 2 N–H and O–H groups in total. The highest BCUT2D eigenvalue weighted by atomic mass is 79.9. The standard InChI is InChI=1S/C19H23BrN2O2/c1-13-6-5-7-17(14(13)2)21-19(23)12-22(3)11-15-10-16(20)8-9-18(15)24-4/h5-10H,11-12H2,1-4H3,(H,21,23)/p+1. The van der Waals surface area contributed by atoms with Crippen molar-refractivity contribution in [3.05, 3.63) is 57.6 Å². The van der Waals surface area contributed by atoms with Gasteiger partial charge in [0.15, 0.2) is 6.54 Å². The van der Waals surface area contributed by atoms with Gasteiger partial charge in [0.1, 0.15) is 12.3 Å². The van der Waals surface area contributed by atoms with E-state index in [9.17, 15) is 4.79 Å². The van der Waals surface area contributed by atoms with Crippen molar-refractivity contribution in [3.63, 3.8) is 0 Å². The van der Waals surface area contributed by atoms with Crippen LogP contribution in [0.4, 0.5) is 5.69 Å². The molecule has 0 fully saturated rings. The van der Waals surface area contributed by atoms with Crippen LogP contribution in [0.1, 0.15) is 16.7 Å². The number of ether oxygens (including phenoxy) is 1. The van der Waals surface area contributed by atoms with Crippen LogP contribution in [-0.4, -0.2) is 26.6 Å². The fraction of sp³-hybridized carbons (Fsp3) is 0.316. The van der Waals surface area contributed by atoms with Crippen molar-refractivity contribution in [2.75, 3.05) is 26.0 Å². The predicted molar refractivity (Wildman–Crippen MR) is 101 cm³/mol. The van der Waals surface area contributed by atoms with Gasteiger partial charge in [-0.25, -0.2) is 0 Å². The Kier molecular flexibility index (Phi) is 6.40. The number of rotatable bonds is 6. The number of carbonyl (C=O) groups excluding carboxylic acids is 1. The summed E-state index contributed by atoms with van der Waals surface area (Å²) in [6.45, 7) is 5.17. The lowest BCUT2D eigenvalue weighted by Gasteiger charge is -2.17. The average molecular weight is 392 g/mol. The number of carbonyl (C=O) groups is 1. The van der Waals surface area contributed by atoms with E-state index < -0.39 is 0 Å². The first kappa shape index (κ1) is 18.5. The molecule has 0 aliphatic rings. The maximum atomic E-state index is 12.3. The lowest BCUT2D eigenvalue weighted by atomic mass is 10.1. The second kappa shape index (κ2) is 8.31. The molecule has 2 aromatic rings. The van der Waals surface area contributed by atoms with Gasteiger partial charge in [0.2, 0.25) is 0 Å². The number of methoxy groups -OCH3 is 1. The Bertz CT molecular complexity index is 731. The maximum absolute atomic E-state index is 12.3. The number of halogens is 1. The summed E-state index contributed by atoms with van der Waals surface area (Å²) in [7, 11) is 3.66. The zero-order valence-corrected chi connectivity index (χ0v) is 16.2. The van der Waals surface area contributed by atoms with Crippen LogP contribution in [0, 0.1) is 13.8 Å². The smallest absolute Gasteiger partial charge is 0.279 e. The van der Waals surface area contributed by atoms with Gasteiger partial charge in [0.05, 0.1) is 14.2 Å². The van der Waals surface area contributed by atoms with E-state index in [2.05, 4.69) is 21.2 Å². The zero-order valence-electron chi connectivity index (χ0n) is 14.6. The molecule has 4 nitrogen and oxygen atoms in total. The Labute approximate surface area is 151 Å². The van der Waals surface area contributed by atoms with Gasteiger partial charge in [0, 0.05) is 15.7 Å². The Hall–Kier alpha value is -1.85. The summed E-state index contributed by atoms with van der Waals surface area (Å²) < 4.78 is 6.40. The highest BCUT2D eigenvalue weighted by Gasteiger charge is 2.14. The van der Waals surface area contributed by atoms with Gasteiger partial charge in [-0.3, -0.25) is 4.79 Å². The molecule has 0 bridgehead atoms. The van der Waals surface area contributed by atoms with Crippen molar-refractivity contribution in [1.82, 2.24) is 0 Å². The number of nitrogens with one attached hydrogen (secondary N) is 2. The number of aryl methyl sites for hydroxylation is 1. The van der Waals surface area contributed by atoms with Crippen LogP contribution in [0.5, 0.6) is 5.75 Å². The van der Waals surface area contributed by atoms with Crippen molar-refractivity contribution < 1.29 is 14.4 Å². The van der Waals surface area contributed by atoms with Gasteiger partial charge in [-0.2, -0.15) is 0 Å². The average Bonchev–Trinajstić information content (AvgIpc) is 2.52. The number of hydrogen-bond acceptors (Lipinski definition) is 2. The third kappa shape index (κ3) is 4.82. The summed E-state index contributed by atoms with van der Waals surface area (Å²) in [5.41, 5.74) is 4.24. The number of hydrogen-bond donors (Lipinski definition) is 2. The third-order valence-electron chi connectivity index (χ3n) is 4.08. The molecular weight excluding hydrogens is 368 g/mol. The van der Waals surface area contributed by atoms with E-state index in [0.717, 1.165) is 31.9 Å². The molecule has 5 heteroatoms. The molecule has 24 heavy (non-hydrogen) atoms. The van der Waals surface area contributed by atoms with Crippen LogP contribution in [0.3, 0.4) is 0 Å². The first-order chi connectivity index (χ1) is 11.4. The van der Waals surface area contributed by atoms with Crippen molar-refractivity contribution in [3.8, 4) is 5.75 Å². The molecule has 0 heterocycles. The molecule has 0 spiro atoms. The van der Waals surface area contributed by atoms with Crippen LogP contribution in [-0.2, 0) is 11.3 Å². The zero-order chi connectivity index (χ0) is 17.7. The Morgan fingerprint density at radius 3 is 2.71 bits per heavy atom. The molecule has 0 aromatic heterocycles. The van der Waals surface area contributed by atoms with Crippen molar-refractivity contribution >= 4 is 27.5 Å². The normalized spacial score (nSPS) is 11.9. The summed E-state index contributed by atoms with van der Waals surface area (Å²) in [5.74, 6) is 0.850. The fourth-order valence-corrected chi connectivity index (χ4v) is 3.04. The van der Waals surface area contributed by atoms with Crippen LogP contribution in [0.2, 0.25) is 0 Å². The molecule has 128 valence electrons. The molecule has 0 aliphatic carbocycles. The third-order valence-corrected chi connectivity index (χ3v) is 4.57. The largest absolute Gasteiger partial charge is 0.496 e. The summed E-state index contributed by atoms with van der Waals surface area (Å²) in [6.07, 6.45) is 0. The van der Waals surface area contributed by atoms with Gasteiger partial charge in [0.25, 0.3) is 5.91 Å². The van der Waals surface area contributed by atoms with E-state index in [-0.39, 0.29) is 5.91 Å². The van der Waals surface area contributed by atoms with Gasteiger partial charge >= 0.3 is 0 Å². The quantitative estimate of drug-likeness (QED) is 0.794. The molecule has 0 saturated carbocycles. The fourth-order valence-electron chi connectivity index (χ4n) is 2.63. The van der Waals surface area contributed by atoms with E-state index in [1.54, 1.807) is 7.11 Å². The molecule has 2 aromatic carbocycles. The summed E-state index contributed by atoms with van der Waals surface area (Å²) >= 11 is 3.48. The predicted octanol–water partition coefficient (Wildman–Crippen LogP) is 2.73. The molecular formula is C19H24BrN2O2+. The van der Waals surface area contributed by atoms with Crippen molar-refractivity contribution in [1.29, 1.82) is 0 Å². The highest BCUT2D eigenvalue weighted by molar-refractivity contribution is 9.10. The molecule has 2 rings (SSSR count). The minimum atomic E-state index is 0.00941. The van der Waals surface area contributed by atoms with Gasteiger partial charge in [-0.1, -0.05) is 28.1 Å². The minimum Gasteiger partial charge on any atom is -0.496 e. The number of benzene rings is 2. The Balaban J connectivity index is 1.99. The topological polar surface area (TPSA) is 42.8 Å². The Morgan fingerprint density at radius 1 is 1.25 bits per heavy atom. The lowest BCUT2D eigenvalue weighted by molar-refractivity contribution is -0.885. The van der Waals surface area contributed by atoms with E-state index >= 15 is 0 Å². The van der Waals surface area contributed by atoms with E-state index in [1.165, 1.54) is 5.56 Å². The summed E-state index contributed by atoms with van der Waals surface area (Å²) in [5, 5.41) is 3.01. The maximum Gasteiger partial charge on any atom is 0.279 e. The van der Waals surface area contributed by atoms with E-state index in [4.69, 9.17) is 4.74 Å². The molecule has 1 unspecified atom stereocenters. The molecule has 1 amide bonds. The van der Waals surface area contributed by atoms with Crippen molar-refractivity contribution in [2.45, 2.75) is 20.4 Å². The SMILES string of the molecule is COc1ccc(Br)cc1C[NH+](C)CC(=O)Nc1cccc(C)c1C. The summed E-state index contributed by atoms with van der Waals surface area (Å²) in [4.78, 5) is 13.4. The molecule has 0 aliphatic heterocycles. The first-order valence-electron chi connectivity index (χ1n) is 7.90. The highest BCUT2D eigenvalue weighted by Crippen LogP contribution is 2.22. The van der Waals surface area contributed by atoms with Crippen LogP contribution >= 0.6 is 15.9 Å². The second-order valence-electron chi connectivity index (χ2n) is 6.06. The number of quaternary nitrogens is 1. The number of likely N-dealkylation sites (N-methyl/N-ethyl adjacent to an activating group) is 1. The van der Waals surface area contributed by atoms with Gasteiger partial charge in [-0.15, -0.1) is 0 Å². The monoisotopic (exact) mass is 391 g/mol. The van der Waals surface area contributed by atoms with E-state index in [0.29, 0.717) is 13.1 Å². The second-order valence-corrected chi connectivity index (χ2v) is 6.98. The Morgan fingerprint density at radius 2 is 2.00 bits per heavy atom. The van der Waals surface area contributed by atoms with Gasteiger partial charge < -0.3 is 15.0 Å². The summed E-state index contributed by atoms with van der Waals surface area (Å²) in [6, 6.07) is 11.9. The van der Waals surface area contributed by atoms with E-state index in [1.807, 2.05) is 57.3 Å². The molecule has 0 radical (unpaired) electrons. The number of anilines is 1. The van der Waals surface area contributed by atoms with Crippen molar-refractivity contribution in [2.24, 2.45) is 0 Å². The molecule has 1 atom stereocenters. The number of amides is 1. The first-order valence-corrected chi connectivity index (χ1v) is 8.69. The van der Waals surface area contributed by atoms with Gasteiger partial charge in [-0.05, 0) is 49.2 Å².